The molecule has 1 aliphatic heterocycles. The number of nitrogens with one attached hydrogen (secondary N) is 2. The minimum Gasteiger partial charge on any atom is -0.353 e. The molecule has 17 heavy (non-hydrogen) atoms. The topological polar surface area (TPSA) is 41.1 Å². The average molecular weight is 240 g/mol. The number of carbonyl (C=O) groups is 1. The second-order valence-corrected chi connectivity index (χ2v) is 5.71. The molecular formula is C14H28N2O. The number of carbonyl (C=O) groups excluding carboxylic acids is 1. The molecule has 2 N–H and O–H groups in total. The standard InChI is InChI=1S/C14H28N2O/c1-5-12(10(2)3)16-14(17)9-13-11(4)7-6-8-15-13/h10-13,15H,5-9H2,1-4H3,(H,16,17). The van der Waals surface area contributed by atoms with E-state index in [4.69, 9.17) is 0 Å². The summed E-state index contributed by atoms with van der Waals surface area (Å²) in [6.45, 7) is 9.76. The Morgan fingerprint density at radius 1 is 1.47 bits per heavy atom. The summed E-state index contributed by atoms with van der Waals surface area (Å²) in [4.78, 5) is 12.0. The van der Waals surface area contributed by atoms with Crippen molar-refractivity contribution in [3.05, 3.63) is 0 Å². The molecule has 1 amide bonds. The number of hydrogen-bond acceptors (Lipinski definition) is 2. The highest BCUT2D eigenvalue weighted by Crippen LogP contribution is 2.18. The Kier molecular flexibility index (Phi) is 5.96. The molecule has 1 heterocycles. The Hall–Kier alpha value is -0.570. The lowest BCUT2D eigenvalue weighted by Crippen LogP contribution is -2.46. The maximum Gasteiger partial charge on any atom is 0.221 e. The molecule has 3 heteroatoms. The van der Waals surface area contributed by atoms with Gasteiger partial charge in [0.25, 0.3) is 0 Å². The molecule has 0 radical (unpaired) electrons. The Labute approximate surface area is 106 Å². The molecule has 3 nitrogen and oxygen atoms in total. The minimum atomic E-state index is 0.205. The SMILES string of the molecule is CCC(NC(=O)CC1NCCCC1C)C(C)C. The molecule has 0 bridgehead atoms. The largest absolute Gasteiger partial charge is 0.353 e. The van der Waals surface area contributed by atoms with E-state index in [1.165, 1.54) is 12.8 Å². The van der Waals surface area contributed by atoms with Gasteiger partial charge in [0.05, 0.1) is 0 Å². The molecule has 1 saturated heterocycles. The van der Waals surface area contributed by atoms with E-state index in [2.05, 4.69) is 38.3 Å². The molecule has 3 atom stereocenters. The highest BCUT2D eigenvalue weighted by molar-refractivity contribution is 5.77. The zero-order valence-corrected chi connectivity index (χ0v) is 11.8. The van der Waals surface area contributed by atoms with Crippen LogP contribution in [0, 0.1) is 11.8 Å². The van der Waals surface area contributed by atoms with E-state index in [1.807, 2.05) is 0 Å². The molecule has 0 spiro atoms. The van der Waals surface area contributed by atoms with Crippen molar-refractivity contribution in [1.82, 2.24) is 10.6 Å². The van der Waals surface area contributed by atoms with Crippen molar-refractivity contribution in [2.75, 3.05) is 6.54 Å². The number of rotatable bonds is 5. The third-order valence-corrected chi connectivity index (χ3v) is 3.93. The van der Waals surface area contributed by atoms with Gasteiger partial charge in [-0.1, -0.05) is 27.7 Å². The van der Waals surface area contributed by atoms with Crippen molar-refractivity contribution in [2.45, 2.75) is 65.5 Å². The van der Waals surface area contributed by atoms with E-state index < -0.39 is 0 Å². The average Bonchev–Trinajstić information content (AvgIpc) is 2.28. The third kappa shape index (κ3) is 4.66. The van der Waals surface area contributed by atoms with Crippen LogP contribution in [0.2, 0.25) is 0 Å². The smallest absolute Gasteiger partial charge is 0.221 e. The number of amides is 1. The lowest BCUT2D eigenvalue weighted by molar-refractivity contribution is -0.123. The highest BCUT2D eigenvalue weighted by atomic mass is 16.1. The van der Waals surface area contributed by atoms with Crippen LogP contribution in [0.5, 0.6) is 0 Å². The van der Waals surface area contributed by atoms with Gasteiger partial charge in [-0.15, -0.1) is 0 Å². The van der Waals surface area contributed by atoms with Crippen LogP contribution in [-0.2, 0) is 4.79 Å². The van der Waals surface area contributed by atoms with Crippen molar-refractivity contribution in [2.24, 2.45) is 11.8 Å². The Bertz CT molecular complexity index is 240. The van der Waals surface area contributed by atoms with Crippen LogP contribution in [-0.4, -0.2) is 24.5 Å². The van der Waals surface area contributed by atoms with E-state index in [-0.39, 0.29) is 5.91 Å². The van der Waals surface area contributed by atoms with Gasteiger partial charge < -0.3 is 10.6 Å². The second-order valence-electron chi connectivity index (χ2n) is 5.71. The molecule has 0 aromatic rings. The van der Waals surface area contributed by atoms with Crippen molar-refractivity contribution in [1.29, 1.82) is 0 Å². The summed E-state index contributed by atoms with van der Waals surface area (Å²) in [5, 5.41) is 6.61. The first-order valence-electron chi connectivity index (χ1n) is 7.07. The van der Waals surface area contributed by atoms with Crippen molar-refractivity contribution in [3.63, 3.8) is 0 Å². The minimum absolute atomic E-state index is 0.205. The van der Waals surface area contributed by atoms with Gasteiger partial charge in [-0.3, -0.25) is 4.79 Å². The maximum absolute atomic E-state index is 12.0. The Morgan fingerprint density at radius 3 is 2.71 bits per heavy atom. The molecule has 0 aromatic heterocycles. The number of hydrogen-bond donors (Lipinski definition) is 2. The van der Waals surface area contributed by atoms with Crippen LogP contribution in [0.25, 0.3) is 0 Å². The summed E-state index contributed by atoms with van der Waals surface area (Å²) in [6, 6.07) is 0.690. The van der Waals surface area contributed by atoms with Gasteiger partial charge in [0.2, 0.25) is 5.91 Å². The fraction of sp³-hybridized carbons (Fsp3) is 0.929. The fourth-order valence-corrected chi connectivity index (χ4v) is 2.59. The normalized spacial score (nSPS) is 26.9. The van der Waals surface area contributed by atoms with Gasteiger partial charge in [-0.25, -0.2) is 0 Å². The van der Waals surface area contributed by atoms with E-state index >= 15 is 0 Å². The lowest BCUT2D eigenvalue weighted by atomic mass is 9.90. The maximum atomic E-state index is 12.0. The van der Waals surface area contributed by atoms with Gasteiger partial charge >= 0.3 is 0 Å². The van der Waals surface area contributed by atoms with E-state index in [1.54, 1.807) is 0 Å². The fourth-order valence-electron chi connectivity index (χ4n) is 2.59. The van der Waals surface area contributed by atoms with E-state index in [9.17, 15) is 4.79 Å². The quantitative estimate of drug-likeness (QED) is 0.774. The molecule has 100 valence electrons. The van der Waals surface area contributed by atoms with Crippen molar-refractivity contribution >= 4 is 5.91 Å². The number of piperidine rings is 1. The first-order valence-corrected chi connectivity index (χ1v) is 7.07. The van der Waals surface area contributed by atoms with Gasteiger partial charge in [0.1, 0.15) is 0 Å². The summed E-state index contributed by atoms with van der Waals surface area (Å²) < 4.78 is 0. The van der Waals surface area contributed by atoms with Gasteiger partial charge in [0.15, 0.2) is 0 Å². The van der Waals surface area contributed by atoms with Crippen LogP contribution in [0.3, 0.4) is 0 Å². The summed E-state index contributed by atoms with van der Waals surface area (Å²) in [5.41, 5.74) is 0. The molecule has 0 aliphatic carbocycles. The predicted octanol–water partition coefficient (Wildman–Crippen LogP) is 2.32. The highest BCUT2D eigenvalue weighted by Gasteiger charge is 2.24. The van der Waals surface area contributed by atoms with Crippen LogP contribution < -0.4 is 10.6 Å². The predicted molar refractivity (Wildman–Crippen MR) is 71.9 cm³/mol. The van der Waals surface area contributed by atoms with Gasteiger partial charge in [0, 0.05) is 18.5 Å². The molecular weight excluding hydrogens is 212 g/mol. The van der Waals surface area contributed by atoms with Crippen molar-refractivity contribution < 1.29 is 4.79 Å². The summed E-state index contributed by atoms with van der Waals surface area (Å²) in [7, 11) is 0. The molecule has 1 fully saturated rings. The molecule has 0 aromatic carbocycles. The molecule has 0 saturated carbocycles. The molecule has 3 unspecified atom stereocenters. The second kappa shape index (κ2) is 7.00. The summed E-state index contributed by atoms with van der Waals surface area (Å²) in [6.07, 6.45) is 4.12. The Balaban J connectivity index is 2.37. The molecule has 1 rings (SSSR count). The van der Waals surface area contributed by atoms with Crippen molar-refractivity contribution in [3.8, 4) is 0 Å². The summed E-state index contributed by atoms with van der Waals surface area (Å²) in [5.74, 6) is 1.34. The third-order valence-electron chi connectivity index (χ3n) is 3.93. The lowest BCUT2D eigenvalue weighted by Gasteiger charge is -2.30. The van der Waals surface area contributed by atoms with E-state index in [0.29, 0.717) is 30.3 Å². The Morgan fingerprint density at radius 2 is 2.18 bits per heavy atom. The molecule has 1 aliphatic rings. The van der Waals surface area contributed by atoms with Crippen LogP contribution in [0.15, 0.2) is 0 Å². The van der Waals surface area contributed by atoms with E-state index in [0.717, 1.165) is 13.0 Å². The van der Waals surface area contributed by atoms with Crippen LogP contribution >= 0.6 is 0 Å². The zero-order chi connectivity index (χ0) is 12.8. The first-order chi connectivity index (χ1) is 8.04. The van der Waals surface area contributed by atoms with Crippen LogP contribution in [0.1, 0.15) is 53.4 Å². The monoisotopic (exact) mass is 240 g/mol. The van der Waals surface area contributed by atoms with Crippen LogP contribution in [0.4, 0.5) is 0 Å². The first kappa shape index (κ1) is 14.5. The van der Waals surface area contributed by atoms with Gasteiger partial charge in [-0.05, 0) is 37.6 Å². The van der Waals surface area contributed by atoms with Gasteiger partial charge in [-0.2, -0.15) is 0 Å². The summed E-state index contributed by atoms with van der Waals surface area (Å²) >= 11 is 0. The zero-order valence-electron chi connectivity index (χ0n) is 11.8.